The summed E-state index contributed by atoms with van der Waals surface area (Å²) in [7, 11) is 1.69. The van der Waals surface area contributed by atoms with Crippen molar-refractivity contribution < 1.29 is 9.53 Å². The van der Waals surface area contributed by atoms with E-state index in [2.05, 4.69) is 10.6 Å². The highest BCUT2D eigenvalue weighted by Gasteiger charge is 2.28. The van der Waals surface area contributed by atoms with Crippen LogP contribution in [0.3, 0.4) is 0 Å². The molecule has 0 aromatic carbocycles. The number of nitrogens with zero attached hydrogens (tertiary/aromatic N) is 1. The van der Waals surface area contributed by atoms with Crippen LogP contribution in [0.15, 0.2) is 0 Å². The highest BCUT2D eigenvalue weighted by atomic mass is 16.5. The minimum absolute atomic E-state index is 0.0753. The summed E-state index contributed by atoms with van der Waals surface area (Å²) in [6.45, 7) is 0.356. The molecule has 2 N–H and O–H groups in total. The second-order valence-electron chi connectivity index (χ2n) is 3.34. The largest absolute Gasteiger partial charge is 0.381 e. The smallest absolute Gasteiger partial charge is 0.234 e. The van der Waals surface area contributed by atoms with Crippen LogP contribution in [0.25, 0.3) is 0 Å². The third kappa shape index (κ3) is 3.32. The molecule has 0 aliphatic heterocycles. The van der Waals surface area contributed by atoms with Crippen molar-refractivity contribution in [3.8, 4) is 6.07 Å². The summed E-state index contributed by atoms with van der Waals surface area (Å²) in [5.74, 6) is -0.132. The summed E-state index contributed by atoms with van der Waals surface area (Å²) in [6.07, 6.45) is 2.26. The van der Waals surface area contributed by atoms with Gasteiger partial charge >= 0.3 is 0 Å². The van der Waals surface area contributed by atoms with Crippen molar-refractivity contribution in [2.24, 2.45) is 0 Å². The second-order valence-corrected chi connectivity index (χ2v) is 3.34. The first-order valence-electron chi connectivity index (χ1n) is 4.66. The lowest BCUT2D eigenvalue weighted by molar-refractivity contribution is -0.120. The van der Waals surface area contributed by atoms with E-state index < -0.39 is 0 Å². The van der Waals surface area contributed by atoms with E-state index in [1.807, 2.05) is 6.07 Å². The number of amides is 1. The number of hydrogen-bond donors (Lipinski definition) is 2. The molecule has 0 saturated heterocycles. The zero-order chi connectivity index (χ0) is 10.4. The lowest BCUT2D eigenvalue weighted by atomic mass is 9.89. The van der Waals surface area contributed by atoms with E-state index in [0.717, 1.165) is 12.8 Å². The van der Waals surface area contributed by atoms with Gasteiger partial charge in [-0.3, -0.25) is 4.79 Å². The molecule has 5 heteroatoms. The van der Waals surface area contributed by atoms with Crippen LogP contribution in [0.2, 0.25) is 0 Å². The van der Waals surface area contributed by atoms with Crippen molar-refractivity contribution in [1.82, 2.24) is 10.6 Å². The van der Waals surface area contributed by atoms with Gasteiger partial charge in [0.15, 0.2) is 0 Å². The SMILES string of the molecule is COC1CC(NCC(=O)NCC#N)C1. The van der Waals surface area contributed by atoms with Crippen molar-refractivity contribution in [2.75, 3.05) is 20.2 Å². The summed E-state index contributed by atoms with van der Waals surface area (Å²) >= 11 is 0. The number of methoxy groups -OCH3 is 1. The van der Waals surface area contributed by atoms with Crippen LogP contribution in [0, 0.1) is 11.3 Å². The molecule has 0 unspecified atom stereocenters. The fourth-order valence-electron chi connectivity index (χ4n) is 1.36. The minimum atomic E-state index is -0.132. The number of carbonyl (C=O) groups is 1. The predicted octanol–water partition coefficient (Wildman–Crippen LogP) is -0.607. The number of nitrogens with one attached hydrogen (secondary N) is 2. The van der Waals surface area contributed by atoms with Gasteiger partial charge in [0.1, 0.15) is 6.54 Å². The number of ether oxygens (including phenoxy) is 1. The van der Waals surface area contributed by atoms with E-state index in [0.29, 0.717) is 12.1 Å². The van der Waals surface area contributed by atoms with Crippen LogP contribution >= 0.6 is 0 Å². The minimum Gasteiger partial charge on any atom is -0.381 e. The zero-order valence-corrected chi connectivity index (χ0v) is 8.25. The van der Waals surface area contributed by atoms with Gasteiger partial charge in [0.2, 0.25) is 5.91 Å². The maximum Gasteiger partial charge on any atom is 0.234 e. The van der Waals surface area contributed by atoms with E-state index in [9.17, 15) is 4.79 Å². The Balaban J connectivity index is 1.99. The number of rotatable bonds is 5. The summed E-state index contributed by atoms with van der Waals surface area (Å²) < 4.78 is 5.10. The Morgan fingerprint density at radius 3 is 2.93 bits per heavy atom. The molecule has 5 nitrogen and oxygen atoms in total. The van der Waals surface area contributed by atoms with Gasteiger partial charge in [-0.15, -0.1) is 0 Å². The Kier molecular flexibility index (Phi) is 4.36. The quantitative estimate of drug-likeness (QED) is 0.577. The van der Waals surface area contributed by atoms with Crippen LogP contribution in [0.4, 0.5) is 0 Å². The van der Waals surface area contributed by atoms with Gasteiger partial charge in [0.25, 0.3) is 0 Å². The number of nitriles is 1. The molecule has 0 aromatic rings. The topological polar surface area (TPSA) is 74.2 Å². The van der Waals surface area contributed by atoms with Gasteiger partial charge in [-0.25, -0.2) is 0 Å². The third-order valence-electron chi connectivity index (χ3n) is 2.34. The highest BCUT2D eigenvalue weighted by Crippen LogP contribution is 2.21. The number of carbonyl (C=O) groups excluding carboxylic acids is 1. The fourth-order valence-corrected chi connectivity index (χ4v) is 1.36. The molecule has 78 valence electrons. The van der Waals surface area contributed by atoms with Gasteiger partial charge in [0, 0.05) is 13.2 Å². The van der Waals surface area contributed by atoms with Crippen LogP contribution in [0.5, 0.6) is 0 Å². The Labute approximate surface area is 83.4 Å². The highest BCUT2D eigenvalue weighted by molar-refractivity contribution is 5.78. The molecule has 1 rings (SSSR count). The Hall–Kier alpha value is -1.12. The normalized spacial score (nSPS) is 24.9. The monoisotopic (exact) mass is 197 g/mol. The fraction of sp³-hybridized carbons (Fsp3) is 0.778. The predicted molar refractivity (Wildman–Crippen MR) is 50.4 cm³/mol. The molecule has 0 radical (unpaired) electrons. The summed E-state index contributed by atoms with van der Waals surface area (Å²) in [4.78, 5) is 11.0. The Morgan fingerprint density at radius 2 is 2.36 bits per heavy atom. The second kappa shape index (κ2) is 5.58. The Bertz CT molecular complexity index is 231. The molecule has 1 saturated carbocycles. The molecule has 1 amide bonds. The maximum absolute atomic E-state index is 11.0. The first-order chi connectivity index (χ1) is 6.76. The van der Waals surface area contributed by atoms with Gasteiger partial charge in [-0.05, 0) is 12.8 Å². The molecule has 1 aliphatic rings. The Morgan fingerprint density at radius 1 is 1.64 bits per heavy atom. The van der Waals surface area contributed by atoms with Gasteiger partial charge in [0.05, 0.1) is 18.7 Å². The molecule has 14 heavy (non-hydrogen) atoms. The first-order valence-corrected chi connectivity index (χ1v) is 4.66. The molecule has 1 aliphatic carbocycles. The molecule has 0 bridgehead atoms. The van der Waals surface area contributed by atoms with E-state index in [1.165, 1.54) is 0 Å². The molecule has 1 fully saturated rings. The average Bonchev–Trinajstić information content (AvgIpc) is 2.12. The van der Waals surface area contributed by atoms with Crippen molar-refractivity contribution in [3.05, 3.63) is 0 Å². The molecule has 0 spiro atoms. The van der Waals surface area contributed by atoms with Crippen LogP contribution in [-0.4, -0.2) is 38.3 Å². The molecule has 0 aromatic heterocycles. The first kappa shape index (κ1) is 11.0. The average molecular weight is 197 g/mol. The van der Waals surface area contributed by atoms with Crippen LogP contribution in [0.1, 0.15) is 12.8 Å². The van der Waals surface area contributed by atoms with E-state index in [-0.39, 0.29) is 19.0 Å². The lowest BCUT2D eigenvalue weighted by Gasteiger charge is -2.34. The van der Waals surface area contributed by atoms with Gasteiger partial charge in [-0.1, -0.05) is 0 Å². The van der Waals surface area contributed by atoms with Gasteiger partial charge < -0.3 is 15.4 Å². The summed E-state index contributed by atoms with van der Waals surface area (Å²) in [5.41, 5.74) is 0. The lowest BCUT2D eigenvalue weighted by Crippen LogP contribution is -2.48. The van der Waals surface area contributed by atoms with Crippen molar-refractivity contribution in [3.63, 3.8) is 0 Å². The standard InChI is InChI=1S/C9H15N3O2/c1-14-8-4-7(5-8)12-6-9(13)11-3-2-10/h7-8,12H,3-6H2,1H3,(H,11,13). The van der Waals surface area contributed by atoms with Crippen molar-refractivity contribution in [2.45, 2.75) is 25.0 Å². The van der Waals surface area contributed by atoms with E-state index in [1.54, 1.807) is 7.11 Å². The summed E-state index contributed by atoms with van der Waals surface area (Å²) in [5, 5.41) is 13.8. The molecule has 0 atom stereocenters. The van der Waals surface area contributed by atoms with Crippen LogP contribution in [-0.2, 0) is 9.53 Å². The van der Waals surface area contributed by atoms with E-state index in [4.69, 9.17) is 10.00 Å². The molecular formula is C9H15N3O2. The molecule has 0 heterocycles. The van der Waals surface area contributed by atoms with Gasteiger partial charge in [-0.2, -0.15) is 5.26 Å². The zero-order valence-electron chi connectivity index (χ0n) is 8.25. The number of hydrogen-bond acceptors (Lipinski definition) is 4. The van der Waals surface area contributed by atoms with E-state index >= 15 is 0 Å². The van der Waals surface area contributed by atoms with Crippen molar-refractivity contribution in [1.29, 1.82) is 5.26 Å². The third-order valence-corrected chi connectivity index (χ3v) is 2.34. The van der Waals surface area contributed by atoms with Crippen LogP contribution < -0.4 is 10.6 Å². The maximum atomic E-state index is 11.0. The molecular weight excluding hydrogens is 182 g/mol. The summed E-state index contributed by atoms with van der Waals surface area (Å²) in [6, 6.07) is 2.23. The van der Waals surface area contributed by atoms with Crippen molar-refractivity contribution >= 4 is 5.91 Å².